The maximum atomic E-state index is 12.9. The van der Waals surface area contributed by atoms with Crippen LogP contribution in [-0.4, -0.2) is 22.9 Å². The summed E-state index contributed by atoms with van der Waals surface area (Å²) in [6, 6.07) is 9.12. The van der Waals surface area contributed by atoms with Crippen molar-refractivity contribution in [2.24, 2.45) is 0 Å². The van der Waals surface area contributed by atoms with Crippen LogP contribution in [0.5, 0.6) is 0 Å². The Morgan fingerprint density at radius 2 is 2.00 bits per heavy atom. The molecule has 0 aliphatic carbocycles. The van der Waals surface area contributed by atoms with E-state index in [1.807, 2.05) is 28.8 Å². The number of thiophene rings is 1. The molecule has 0 spiro atoms. The molecule has 0 unspecified atom stereocenters. The third-order valence-electron chi connectivity index (χ3n) is 3.22. The molecule has 7 heteroatoms. The first kappa shape index (κ1) is 15.1. The number of rotatable bonds is 4. The summed E-state index contributed by atoms with van der Waals surface area (Å²) in [4.78, 5) is 22.3. The number of benzene rings is 1. The second-order valence-corrected chi connectivity index (χ2v) is 5.54. The molecule has 1 amide bonds. The minimum absolute atomic E-state index is 0.237. The van der Waals surface area contributed by atoms with E-state index in [0.29, 0.717) is 11.5 Å². The Bertz CT molecular complexity index is 805. The molecule has 116 valence electrons. The molecule has 0 bridgehead atoms. The zero-order valence-corrected chi connectivity index (χ0v) is 13.0. The summed E-state index contributed by atoms with van der Waals surface area (Å²) in [6.45, 7) is 0. The van der Waals surface area contributed by atoms with E-state index in [4.69, 9.17) is 0 Å². The van der Waals surface area contributed by atoms with E-state index in [1.54, 1.807) is 17.4 Å². The normalized spacial score (nSPS) is 10.3. The SMILES string of the molecule is CN(c1ccsc1)c1cc(C(=O)Nc2ccc(F)cc2)ncn1. The molecule has 0 saturated heterocycles. The summed E-state index contributed by atoms with van der Waals surface area (Å²) in [7, 11) is 1.87. The van der Waals surface area contributed by atoms with Gasteiger partial charge in [0.25, 0.3) is 5.91 Å². The molecule has 0 aliphatic rings. The van der Waals surface area contributed by atoms with E-state index in [-0.39, 0.29) is 17.4 Å². The van der Waals surface area contributed by atoms with Gasteiger partial charge >= 0.3 is 0 Å². The summed E-state index contributed by atoms with van der Waals surface area (Å²) >= 11 is 1.58. The van der Waals surface area contributed by atoms with Crippen molar-refractivity contribution in [2.75, 3.05) is 17.3 Å². The number of hydrogen-bond donors (Lipinski definition) is 1. The van der Waals surface area contributed by atoms with E-state index in [1.165, 1.54) is 30.6 Å². The third-order valence-corrected chi connectivity index (χ3v) is 3.90. The number of hydrogen-bond acceptors (Lipinski definition) is 5. The molecular weight excluding hydrogens is 315 g/mol. The van der Waals surface area contributed by atoms with Crippen LogP contribution >= 0.6 is 11.3 Å². The van der Waals surface area contributed by atoms with E-state index in [2.05, 4.69) is 15.3 Å². The van der Waals surface area contributed by atoms with Crippen LogP contribution in [0.2, 0.25) is 0 Å². The summed E-state index contributed by atoms with van der Waals surface area (Å²) in [6.07, 6.45) is 1.35. The lowest BCUT2D eigenvalue weighted by Gasteiger charge is -2.16. The zero-order chi connectivity index (χ0) is 16.2. The molecule has 0 radical (unpaired) electrons. The van der Waals surface area contributed by atoms with Crippen LogP contribution in [0.25, 0.3) is 0 Å². The van der Waals surface area contributed by atoms with Crippen LogP contribution in [0.15, 0.2) is 53.5 Å². The van der Waals surface area contributed by atoms with E-state index >= 15 is 0 Å². The van der Waals surface area contributed by atoms with Gasteiger partial charge in [-0.1, -0.05) is 0 Å². The zero-order valence-electron chi connectivity index (χ0n) is 12.2. The Labute approximate surface area is 136 Å². The van der Waals surface area contributed by atoms with Gasteiger partial charge in [-0.2, -0.15) is 11.3 Å². The second-order valence-electron chi connectivity index (χ2n) is 4.76. The van der Waals surface area contributed by atoms with Crippen molar-refractivity contribution in [1.29, 1.82) is 0 Å². The number of nitrogens with zero attached hydrogens (tertiary/aromatic N) is 3. The van der Waals surface area contributed by atoms with Gasteiger partial charge in [-0.15, -0.1) is 0 Å². The Hall–Kier alpha value is -2.80. The Balaban J connectivity index is 1.79. The van der Waals surface area contributed by atoms with Crippen LogP contribution in [0.4, 0.5) is 21.6 Å². The highest BCUT2D eigenvalue weighted by Crippen LogP contribution is 2.24. The number of halogens is 1. The molecule has 5 nitrogen and oxygen atoms in total. The molecule has 0 atom stereocenters. The largest absolute Gasteiger partial charge is 0.329 e. The van der Waals surface area contributed by atoms with Crippen LogP contribution in [-0.2, 0) is 0 Å². The Kier molecular flexibility index (Phi) is 4.29. The maximum absolute atomic E-state index is 12.9. The molecule has 2 aromatic heterocycles. The number of aromatic nitrogens is 2. The number of carbonyl (C=O) groups excluding carboxylic acids is 1. The van der Waals surface area contributed by atoms with Crippen molar-refractivity contribution < 1.29 is 9.18 Å². The molecule has 0 aliphatic heterocycles. The second kappa shape index (κ2) is 6.53. The Morgan fingerprint density at radius 3 is 2.70 bits per heavy atom. The van der Waals surface area contributed by atoms with Gasteiger partial charge in [-0.3, -0.25) is 4.79 Å². The van der Waals surface area contributed by atoms with Gasteiger partial charge in [-0.25, -0.2) is 14.4 Å². The molecular formula is C16H13FN4OS. The molecule has 0 saturated carbocycles. The van der Waals surface area contributed by atoms with Crippen molar-refractivity contribution in [3.8, 4) is 0 Å². The van der Waals surface area contributed by atoms with E-state index < -0.39 is 0 Å². The first-order chi connectivity index (χ1) is 11.1. The summed E-state index contributed by atoms with van der Waals surface area (Å²) in [5, 5.41) is 6.63. The quantitative estimate of drug-likeness (QED) is 0.793. The maximum Gasteiger partial charge on any atom is 0.274 e. The van der Waals surface area contributed by atoms with Crippen molar-refractivity contribution in [1.82, 2.24) is 9.97 Å². The molecule has 1 aromatic carbocycles. The summed E-state index contributed by atoms with van der Waals surface area (Å²) in [5.74, 6) is -0.119. The molecule has 23 heavy (non-hydrogen) atoms. The highest BCUT2D eigenvalue weighted by molar-refractivity contribution is 7.08. The predicted octanol–water partition coefficient (Wildman–Crippen LogP) is 3.70. The first-order valence-corrected chi connectivity index (χ1v) is 7.72. The van der Waals surface area contributed by atoms with E-state index in [0.717, 1.165) is 5.69 Å². The standard InChI is InChI=1S/C16H13FN4OS/c1-21(13-6-7-23-9-13)15-8-14(18-10-19-15)16(22)20-12-4-2-11(17)3-5-12/h2-10H,1H3,(H,20,22). The molecule has 3 aromatic rings. The lowest BCUT2D eigenvalue weighted by atomic mass is 10.3. The van der Waals surface area contributed by atoms with Gasteiger partial charge in [0.15, 0.2) is 0 Å². The van der Waals surface area contributed by atoms with Crippen molar-refractivity contribution in [3.05, 3.63) is 65.0 Å². The summed E-state index contributed by atoms with van der Waals surface area (Å²) < 4.78 is 12.9. The lowest BCUT2D eigenvalue weighted by Crippen LogP contribution is -2.16. The highest BCUT2D eigenvalue weighted by atomic mass is 32.1. The van der Waals surface area contributed by atoms with Crippen molar-refractivity contribution in [3.63, 3.8) is 0 Å². The number of nitrogens with one attached hydrogen (secondary N) is 1. The number of anilines is 3. The van der Waals surface area contributed by atoms with Crippen LogP contribution in [0.3, 0.4) is 0 Å². The monoisotopic (exact) mass is 328 g/mol. The topological polar surface area (TPSA) is 58.1 Å². The highest BCUT2D eigenvalue weighted by Gasteiger charge is 2.12. The molecule has 0 fully saturated rings. The summed E-state index contributed by atoms with van der Waals surface area (Å²) in [5.41, 5.74) is 1.72. The van der Waals surface area contributed by atoms with Gasteiger partial charge in [0.1, 0.15) is 23.7 Å². The van der Waals surface area contributed by atoms with Gasteiger partial charge < -0.3 is 10.2 Å². The van der Waals surface area contributed by atoms with Gasteiger partial charge in [0.05, 0.1) is 5.69 Å². The fraction of sp³-hybridized carbons (Fsp3) is 0.0625. The lowest BCUT2D eigenvalue weighted by molar-refractivity contribution is 0.102. The average molecular weight is 328 g/mol. The van der Waals surface area contributed by atoms with Crippen molar-refractivity contribution >= 4 is 34.4 Å². The molecule has 1 N–H and O–H groups in total. The van der Waals surface area contributed by atoms with Gasteiger partial charge in [-0.05, 0) is 35.7 Å². The van der Waals surface area contributed by atoms with Crippen molar-refractivity contribution in [2.45, 2.75) is 0 Å². The minimum Gasteiger partial charge on any atom is -0.329 e. The molecule has 3 rings (SSSR count). The fourth-order valence-corrected chi connectivity index (χ4v) is 2.64. The van der Waals surface area contributed by atoms with E-state index in [9.17, 15) is 9.18 Å². The van der Waals surface area contributed by atoms with Gasteiger partial charge in [0, 0.05) is 24.2 Å². The predicted molar refractivity (Wildman–Crippen MR) is 88.8 cm³/mol. The fourth-order valence-electron chi connectivity index (χ4n) is 1.96. The van der Waals surface area contributed by atoms with Crippen LogP contribution < -0.4 is 10.2 Å². The Morgan fingerprint density at radius 1 is 1.22 bits per heavy atom. The minimum atomic E-state index is -0.376. The van der Waals surface area contributed by atoms with Crippen LogP contribution in [0.1, 0.15) is 10.5 Å². The first-order valence-electron chi connectivity index (χ1n) is 6.78. The number of amides is 1. The average Bonchev–Trinajstić information content (AvgIpc) is 3.11. The third kappa shape index (κ3) is 3.51. The molecule has 2 heterocycles. The smallest absolute Gasteiger partial charge is 0.274 e. The van der Waals surface area contributed by atoms with Crippen LogP contribution in [0, 0.1) is 5.82 Å². The van der Waals surface area contributed by atoms with Gasteiger partial charge in [0.2, 0.25) is 0 Å². The number of carbonyl (C=O) groups is 1.